The third-order valence-electron chi connectivity index (χ3n) is 3.08. The summed E-state index contributed by atoms with van der Waals surface area (Å²) in [6.07, 6.45) is 1.70. The number of ether oxygens (including phenoxy) is 1. The molecular formula is C16H13BrN2O. The summed E-state index contributed by atoms with van der Waals surface area (Å²) in [6, 6.07) is 15.8. The van der Waals surface area contributed by atoms with Gasteiger partial charge in [-0.1, -0.05) is 30.3 Å². The van der Waals surface area contributed by atoms with Crippen LogP contribution in [0.5, 0.6) is 11.6 Å². The molecule has 0 amide bonds. The maximum Gasteiger partial charge on any atom is 0.219 e. The Balaban J connectivity index is 2.00. The first-order valence-corrected chi connectivity index (χ1v) is 7.07. The van der Waals surface area contributed by atoms with Gasteiger partial charge in [-0.15, -0.1) is 0 Å². The van der Waals surface area contributed by atoms with E-state index in [0.29, 0.717) is 12.4 Å². The zero-order valence-corrected chi connectivity index (χ0v) is 12.3. The number of halogens is 1. The molecule has 3 rings (SSSR count). The molecule has 2 aromatic carbocycles. The van der Waals surface area contributed by atoms with Crippen molar-refractivity contribution in [1.29, 1.82) is 0 Å². The molecule has 100 valence electrons. The van der Waals surface area contributed by atoms with Crippen molar-refractivity contribution < 1.29 is 4.74 Å². The lowest BCUT2D eigenvalue weighted by Gasteiger charge is -2.10. The van der Waals surface area contributed by atoms with Crippen molar-refractivity contribution in [2.45, 2.75) is 6.54 Å². The monoisotopic (exact) mass is 328 g/mol. The van der Waals surface area contributed by atoms with E-state index >= 15 is 0 Å². The van der Waals surface area contributed by atoms with E-state index in [1.165, 1.54) is 0 Å². The van der Waals surface area contributed by atoms with Gasteiger partial charge in [0, 0.05) is 18.8 Å². The highest BCUT2D eigenvalue weighted by Gasteiger charge is 2.07. The number of hydrogen-bond acceptors (Lipinski definition) is 3. The van der Waals surface area contributed by atoms with Crippen LogP contribution in [0.25, 0.3) is 10.8 Å². The van der Waals surface area contributed by atoms with E-state index in [-0.39, 0.29) is 0 Å². The van der Waals surface area contributed by atoms with Crippen molar-refractivity contribution >= 4 is 26.7 Å². The smallest absolute Gasteiger partial charge is 0.219 e. The van der Waals surface area contributed by atoms with Crippen LogP contribution in [-0.2, 0) is 6.54 Å². The van der Waals surface area contributed by atoms with Crippen molar-refractivity contribution in [2.75, 3.05) is 0 Å². The van der Waals surface area contributed by atoms with E-state index in [2.05, 4.69) is 33.0 Å². The molecule has 1 aromatic heterocycles. The number of benzene rings is 2. The average molecular weight is 329 g/mol. The van der Waals surface area contributed by atoms with Crippen LogP contribution >= 0.6 is 15.9 Å². The maximum atomic E-state index is 5.85. The molecule has 0 saturated heterocycles. The Labute approximate surface area is 125 Å². The Morgan fingerprint density at radius 2 is 1.95 bits per heavy atom. The summed E-state index contributed by atoms with van der Waals surface area (Å²) < 4.78 is 6.77. The zero-order valence-electron chi connectivity index (χ0n) is 10.7. The molecule has 4 heteroatoms. The molecule has 3 nitrogen and oxygen atoms in total. The number of pyridine rings is 1. The number of rotatable bonds is 3. The van der Waals surface area contributed by atoms with E-state index in [4.69, 9.17) is 10.5 Å². The molecule has 0 atom stereocenters. The minimum absolute atomic E-state index is 0.470. The number of hydrogen-bond donors (Lipinski definition) is 1. The number of aromatic nitrogens is 1. The predicted octanol–water partition coefficient (Wildman–Crippen LogP) is 4.25. The van der Waals surface area contributed by atoms with Gasteiger partial charge in [-0.25, -0.2) is 4.98 Å². The molecule has 0 aliphatic carbocycles. The largest absolute Gasteiger partial charge is 0.438 e. The highest BCUT2D eigenvalue weighted by molar-refractivity contribution is 9.10. The molecule has 0 bridgehead atoms. The molecular weight excluding hydrogens is 316 g/mol. The van der Waals surface area contributed by atoms with Gasteiger partial charge in [-0.2, -0.15) is 0 Å². The minimum atomic E-state index is 0.470. The van der Waals surface area contributed by atoms with Gasteiger partial charge in [-0.05, 0) is 44.4 Å². The lowest BCUT2D eigenvalue weighted by Crippen LogP contribution is -1.97. The summed E-state index contributed by atoms with van der Waals surface area (Å²) in [5.41, 5.74) is 6.62. The van der Waals surface area contributed by atoms with Gasteiger partial charge >= 0.3 is 0 Å². The molecule has 0 unspecified atom stereocenters. The van der Waals surface area contributed by atoms with Crippen LogP contribution in [0.1, 0.15) is 5.56 Å². The third kappa shape index (κ3) is 2.53. The van der Waals surface area contributed by atoms with Crippen LogP contribution in [0.3, 0.4) is 0 Å². The lowest BCUT2D eigenvalue weighted by atomic mass is 10.1. The average Bonchev–Trinajstić information content (AvgIpc) is 2.50. The van der Waals surface area contributed by atoms with E-state index < -0.39 is 0 Å². The molecule has 0 fully saturated rings. The summed E-state index contributed by atoms with van der Waals surface area (Å²) in [5.74, 6) is 1.29. The summed E-state index contributed by atoms with van der Waals surface area (Å²) in [7, 11) is 0. The first kappa shape index (κ1) is 13.1. The van der Waals surface area contributed by atoms with Crippen molar-refractivity contribution in [1.82, 2.24) is 4.98 Å². The van der Waals surface area contributed by atoms with E-state index in [0.717, 1.165) is 26.6 Å². The fourth-order valence-electron chi connectivity index (χ4n) is 2.04. The first-order chi connectivity index (χ1) is 9.78. The number of fused-ring (bicyclic) bond motifs is 1. The third-order valence-corrected chi connectivity index (χ3v) is 3.90. The Kier molecular flexibility index (Phi) is 3.67. The van der Waals surface area contributed by atoms with Gasteiger partial charge in [0.25, 0.3) is 0 Å². The number of nitrogens with zero attached hydrogens (tertiary/aromatic N) is 1. The Morgan fingerprint density at radius 3 is 2.80 bits per heavy atom. The fraction of sp³-hybridized carbons (Fsp3) is 0.0625. The van der Waals surface area contributed by atoms with Crippen LogP contribution < -0.4 is 10.5 Å². The molecule has 0 aliphatic rings. The van der Waals surface area contributed by atoms with Crippen LogP contribution in [0.2, 0.25) is 0 Å². The standard InChI is InChI=1S/C16H13BrN2O/c17-16-13-4-2-1-3-12(13)5-6-14(16)20-15-9-11(10-18)7-8-19-15/h1-9H,10,18H2. The molecule has 2 N–H and O–H groups in total. The molecule has 0 saturated carbocycles. The Bertz CT molecular complexity index is 758. The van der Waals surface area contributed by atoms with E-state index in [9.17, 15) is 0 Å². The van der Waals surface area contributed by atoms with Crippen molar-refractivity contribution in [3.8, 4) is 11.6 Å². The summed E-state index contributed by atoms with van der Waals surface area (Å²) >= 11 is 3.60. The molecule has 1 heterocycles. The van der Waals surface area contributed by atoms with E-state index in [1.54, 1.807) is 6.20 Å². The molecule has 0 radical (unpaired) electrons. The van der Waals surface area contributed by atoms with Gasteiger partial charge in [0.05, 0.1) is 4.47 Å². The SMILES string of the molecule is NCc1ccnc(Oc2ccc3ccccc3c2Br)c1. The Hall–Kier alpha value is -1.91. The van der Waals surface area contributed by atoms with Gasteiger partial charge in [0.2, 0.25) is 5.88 Å². The Morgan fingerprint density at radius 1 is 1.10 bits per heavy atom. The highest BCUT2D eigenvalue weighted by Crippen LogP contribution is 2.35. The number of nitrogens with two attached hydrogens (primary N) is 1. The lowest BCUT2D eigenvalue weighted by molar-refractivity contribution is 0.460. The predicted molar refractivity (Wildman–Crippen MR) is 83.9 cm³/mol. The summed E-state index contributed by atoms with van der Waals surface area (Å²) in [6.45, 7) is 0.470. The second-order valence-electron chi connectivity index (χ2n) is 4.41. The quantitative estimate of drug-likeness (QED) is 0.781. The van der Waals surface area contributed by atoms with Crippen molar-refractivity contribution in [3.63, 3.8) is 0 Å². The maximum absolute atomic E-state index is 5.85. The van der Waals surface area contributed by atoms with Crippen LogP contribution in [-0.4, -0.2) is 4.98 Å². The topological polar surface area (TPSA) is 48.1 Å². The second kappa shape index (κ2) is 5.61. The van der Waals surface area contributed by atoms with Gasteiger partial charge in [0.15, 0.2) is 0 Å². The highest BCUT2D eigenvalue weighted by atomic mass is 79.9. The summed E-state index contributed by atoms with van der Waals surface area (Å²) in [5, 5.41) is 2.27. The molecule has 20 heavy (non-hydrogen) atoms. The van der Waals surface area contributed by atoms with Gasteiger partial charge < -0.3 is 10.5 Å². The fourth-order valence-corrected chi connectivity index (χ4v) is 2.61. The first-order valence-electron chi connectivity index (χ1n) is 6.28. The van der Waals surface area contributed by atoms with E-state index in [1.807, 2.05) is 36.4 Å². The zero-order chi connectivity index (χ0) is 13.9. The molecule has 0 aliphatic heterocycles. The van der Waals surface area contributed by atoms with Gasteiger partial charge in [0.1, 0.15) is 5.75 Å². The van der Waals surface area contributed by atoms with Crippen LogP contribution in [0.15, 0.2) is 59.2 Å². The van der Waals surface area contributed by atoms with Gasteiger partial charge in [-0.3, -0.25) is 0 Å². The van der Waals surface area contributed by atoms with Crippen molar-refractivity contribution in [2.24, 2.45) is 5.73 Å². The minimum Gasteiger partial charge on any atom is -0.438 e. The second-order valence-corrected chi connectivity index (χ2v) is 5.20. The van der Waals surface area contributed by atoms with Crippen LogP contribution in [0, 0.1) is 0 Å². The van der Waals surface area contributed by atoms with Crippen LogP contribution in [0.4, 0.5) is 0 Å². The molecule has 3 aromatic rings. The summed E-state index contributed by atoms with van der Waals surface area (Å²) in [4.78, 5) is 4.21. The normalized spacial score (nSPS) is 10.7. The molecule has 0 spiro atoms. The van der Waals surface area contributed by atoms with Crippen molar-refractivity contribution in [3.05, 3.63) is 64.8 Å².